The van der Waals surface area contributed by atoms with E-state index in [0.717, 1.165) is 21.4 Å². The van der Waals surface area contributed by atoms with Crippen LogP contribution in [0, 0.1) is 11.3 Å². The molecule has 0 aromatic carbocycles. The van der Waals surface area contributed by atoms with Gasteiger partial charge in [0.1, 0.15) is 11.7 Å². The van der Waals surface area contributed by atoms with Crippen LogP contribution in [0.3, 0.4) is 0 Å². The summed E-state index contributed by atoms with van der Waals surface area (Å²) in [5, 5.41) is 9.04. The molecule has 96 valence electrons. The van der Waals surface area contributed by atoms with Crippen LogP contribution in [-0.4, -0.2) is 14.4 Å². The van der Waals surface area contributed by atoms with Crippen LogP contribution < -0.4 is 0 Å². The van der Waals surface area contributed by atoms with Crippen molar-refractivity contribution in [3.05, 3.63) is 64.3 Å². The lowest BCUT2D eigenvalue weighted by Crippen LogP contribution is -1.87. The highest BCUT2D eigenvalue weighted by Gasteiger charge is 2.01. The predicted octanol–water partition coefficient (Wildman–Crippen LogP) is 3.53. The van der Waals surface area contributed by atoms with E-state index in [4.69, 9.17) is 5.26 Å². The molecule has 0 spiro atoms. The average molecular weight is 325 g/mol. The zero-order valence-electron chi connectivity index (χ0n) is 10.4. The van der Waals surface area contributed by atoms with Gasteiger partial charge in [0, 0.05) is 23.1 Å². The van der Waals surface area contributed by atoms with Crippen molar-refractivity contribution >= 4 is 33.7 Å². The molecule has 0 atom stereocenters. The molecule has 0 radical (unpaired) electrons. The molecule has 0 saturated heterocycles. The van der Waals surface area contributed by atoms with Crippen LogP contribution in [0.15, 0.2) is 47.5 Å². The Balaban J connectivity index is 2.03. The quantitative estimate of drug-likeness (QED) is 0.724. The normalized spacial score (nSPS) is 11.0. The second-order valence-electron chi connectivity index (χ2n) is 4.17. The van der Waals surface area contributed by atoms with Gasteiger partial charge in [-0.25, -0.2) is 4.98 Å². The van der Waals surface area contributed by atoms with Gasteiger partial charge in [0.15, 0.2) is 0 Å². The Morgan fingerprint density at radius 1 is 1.20 bits per heavy atom. The number of imidazole rings is 1. The highest BCUT2D eigenvalue weighted by Crippen LogP contribution is 2.16. The first-order chi connectivity index (χ1) is 9.78. The Morgan fingerprint density at radius 2 is 2.10 bits per heavy atom. The van der Waals surface area contributed by atoms with Crippen molar-refractivity contribution in [1.29, 1.82) is 5.26 Å². The molecule has 0 N–H and O–H groups in total. The van der Waals surface area contributed by atoms with E-state index in [1.165, 1.54) is 0 Å². The summed E-state index contributed by atoms with van der Waals surface area (Å²) in [6.45, 7) is 0. The summed E-state index contributed by atoms with van der Waals surface area (Å²) in [6.07, 6.45) is 10.8. The van der Waals surface area contributed by atoms with Crippen LogP contribution in [-0.2, 0) is 0 Å². The van der Waals surface area contributed by atoms with Crippen LogP contribution >= 0.6 is 15.9 Å². The summed E-state index contributed by atoms with van der Waals surface area (Å²) in [7, 11) is 0. The highest BCUT2D eigenvalue weighted by molar-refractivity contribution is 9.10. The number of hydrogen-bond acceptors (Lipinski definition) is 3. The molecule has 0 aliphatic rings. The van der Waals surface area contributed by atoms with E-state index in [1.807, 2.05) is 40.9 Å². The second-order valence-corrected chi connectivity index (χ2v) is 5.08. The van der Waals surface area contributed by atoms with E-state index in [0.29, 0.717) is 5.56 Å². The van der Waals surface area contributed by atoms with Crippen LogP contribution in [0.25, 0.3) is 17.8 Å². The summed E-state index contributed by atoms with van der Waals surface area (Å²) in [4.78, 5) is 8.27. The van der Waals surface area contributed by atoms with Gasteiger partial charge in [-0.3, -0.25) is 9.38 Å². The molecule has 20 heavy (non-hydrogen) atoms. The first-order valence-electron chi connectivity index (χ1n) is 5.93. The second kappa shape index (κ2) is 5.27. The Bertz CT molecular complexity index is 842. The smallest absolute Gasteiger partial charge is 0.137 e. The molecule has 0 amide bonds. The molecule has 5 heteroatoms. The van der Waals surface area contributed by atoms with E-state index in [2.05, 4.69) is 32.0 Å². The molecule has 3 heterocycles. The number of aromatic nitrogens is 3. The number of rotatable bonds is 2. The minimum absolute atomic E-state index is 0.554. The van der Waals surface area contributed by atoms with Crippen LogP contribution in [0.4, 0.5) is 0 Å². The summed E-state index contributed by atoms with van der Waals surface area (Å²) in [5.41, 5.74) is 3.22. The molecular weight excluding hydrogens is 316 g/mol. The molecule has 0 aliphatic carbocycles. The largest absolute Gasteiger partial charge is 0.299 e. The van der Waals surface area contributed by atoms with Crippen LogP contribution in [0.2, 0.25) is 0 Å². The monoisotopic (exact) mass is 324 g/mol. The van der Waals surface area contributed by atoms with Crippen molar-refractivity contribution in [3.8, 4) is 6.07 Å². The predicted molar refractivity (Wildman–Crippen MR) is 80.8 cm³/mol. The fraction of sp³-hybridized carbons (Fsp3) is 0. The molecule has 0 saturated carbocycles. The van der Waals surface area contributed by atoms with Crippen molar-refractivity contribution in [2.24, 2.45) is 0 Å². The number of halogens is 1. The van der Waals surface area contributed by atoms with Gasteiger partial charge in [0.05, 0.1) is 17.5 Å². The van der Waals surface area contributed by atoms with Crippen LogP contribution in [0.5, 0.6) is 0 Å². The molecule has 3 aromatic rings. The van der Waals surface area contributed by atoms with Gasteiger partial charge in [-0.15, -0.1) is 0 Å². The number of fused-ring (bicyclic) bond motifs is 1. The summed E-state index contributed by atoms with van der Waals surface area (Å²) in [6, 6.07) is 7.83. The molecule has 0 fully saturated rings. The lowest BCUT2D eigenvalue weighted by Gasteiger charge is -1.98. The minimum Gasteiger partial charge on any atom is -0.299 e. The standard InChI is InChI=1S/C15H9BrN4/c16-13-2-4-15-19-9-14(20(15)10-13)3-1-11-5-6-18-8-12(11)7-17/h1-6,8-10H/b3-1+. The van der Waals surface area contributed by atoms with Gasteiger partial charge >= 0.3 is 0 Å². The SMILES string of the molecule is N#Cc1cnccc1/C=C/c1cnc2ccc(Br)cn12. The average Bonchev–Trinajstić information content (AvgIpc) is 2.87. The van der Waals surface area contributed by atoms with Gasteiger partial charge in [-0.05, 0) is 45.8 Å². The topological polar surface area (TPSA) is 54.0 Å². The fourth-order valence-corrected chi connectivity index (χ4v) is 2.25. The summed E-state index contributed by atoms with van der Waals surface area (Å²) in [5.74, 6) is 0. The van der Waals surface area contributed by atoms with E-state index in [1.54, 1.807) is 18.6 Å². The Morgan fingerprint density at radius 3 is 2.95 bits per heavy atom. The Labute approximate surface area is 124 Å². The Hall–Kier alpha value is -2.45. The van der Waals surface area contributed by atoms with Crippen molar-refractivity contribution in [1.82, 2.24) is 14.4 Å². The first kappa shape index (κ1) is 12.6. The highest BCUT2D eigenvalue weighted by atomic mass is 79.9. The van der Waals surface area contributed by atoms with Gasteiger partial charge < -0.3 is 0 Å². The molecule has 3 rings (SSSR count). The van der Waals surface area contributed by atoms with E-state index >= 15 is 0 Å². The van der Waals surface area contributed by atoms with E-state index < -0.39 is 0 Å². The van der Waals surface area contributed by atoms with Crippen molar-refractivity contribution < 1.29 is 0 Å². The molecular formula is C15H9BrN4. The molecule has 3 aromatic heterocycles. The minimum atomic E-state index is 0.554. The van der Waals surface area contributed by atoms with Crippen molar-refractivity contribution in [2.45, 2.75) is 0 Å². The molecule has 4 nitrogen and oxygen atoms in total. The third-order valence-electron chi connectivity index (χ3n) is 2.91. The summed E-state index contributed by atoms with van der Waals surface area (Å²) < 4.78 is 2.97. The maximum Gasteiger partial charge on any atom is 0.137 e. The van der Waals surface area contributed by atoms with Crippen molar-refractivity contribution in [2.75, 3.05) is 0 Å². The van der Waals surface area contributed by atoms with E-state index in [-0.39, 0.29) is 0 Å². The number of pyridine rings is 2. The zero-order chi connectivity index (χ0) is 13.9. The zero-order valence-corrected chi connectivity index (χ0v) is 11.9. The van der Waals surface area contributed by atoms with Crippen molar-refractivity contribution in [3.63, 3.8) is 0 Å². The van der Waals surface area contributed by atoms with Gasteiger partial charge in [-0.1, -0.05) is 6.08 Å². The lowest BCUT2D eigenvalue weighted by atomic mass is 10.1. The molecule has 0 unspecified atom stereocenters. The van der Waals surface area contributed by atoms with Crippen LogP contribution in [0.1, 0.15) is 16.8 Å². The molecule has 0 aliphatic heterocycles. The lowest BCUT2D eigenvalue weighted by molar-refractivity contribution is 1.16. The maximum absolute atomic E-state index is 9.04. The third-order valence-corrected chi connectivity index (χ3v) is 3.38. The number of hydrogen-bond donors (Lipinski definition) is 0. The van der Waals surface area contributed by atoms with Gasteiger partial charge in [-0.2, -0.15) is 5.26 Å². The number of nitriles is 1. The fourth-order valence-electron chi connectivity index (χ4n) is 1.92. The number of nitrogens with zero attached hydrogens (tertiary/aromatic N) is 4. The van der Waals surface area contributed by atoms with Gasteiger partial charge in [0.25, 0.3) is 0 Å². The first-order valence-corrected chi connectivity index (χ1v) is 6.72. The van der Waals surface area contributed by atoms with E-state index in [9.17, 15) is 0 Å². The third kappa shape index (κ3) is 2.33. The maximum atomic E-state index is 9.04. The van der Waals surface area contributed by atoms with Gasteiger partial charge in [0.2, 0.25) is 0 Å². The molecule has 0 bridgehead atoms. The Kier molecular flexibility index (Phi) is 3.32. The summed E-state index contributed by atoms with van der Waals surface area (Å²) >= 11 is 3.45.